The van der Waals surface area contributed by atoms with Gasteiger partial charge < -0.3 is 14.4 Å². The third-order valence-electron chi connectivity index (χ3n) is 8.66. The molecule has 2 spiro atoms. The fraction of sp³-hybridized carbons (Fsp3) is 0.464. The number of hydrogen-bond donors (Lipinski definition) is 0. The highest BCUT2D eigenvalue weighted by atomic mass is 16.7. The first kappa shape index (κ1) is 20.7. The molecule has 2 atom stereocenters. The maximum atomic E-state index is 13.9. The van der Waals surface area contributed by atoms with Gasteiger partial charge in [-0.15, -0.1) is 0 Å². The average molecular weight is 458 g/mol. The number of para-hydroxylation sites is 2. The lowest BCUT2D eigenvalue weighted by Crippen LogP contribution is -2.56. The molecule has 2 aromatic rings. The van der Waals surface area contributed by atoms with Crippen LogP contribution >= 0.6 is 0 Å². The number of anilines is 2. The summed E-state index contributed by atoms with van der Waals surface area (Å²) in [5.41, 5.74) is 3.07. The molecule has 0 N–H and O–H groups in total. The van der Waals surface area contributed by atoms with Crippen LogP contribution in [-0.2, 0) is 20.1 Å². The Morgan fingerprint density at radius 1 is 0.882 bits per heavy atom. The van der Waals surface area contributed by atoms with E-state index >= 15 is 0 Å². The van der Waals surface area contributed by atoms with Crippen LogP contribution in [0.25, 0.3) is 0 Å². The lowest BCUT2D eigenvalue weighted by molar-refractivity contribution is -0.295. The van der Waals surface area contributed by atoms with E-state index in [1.807, 2.05) is 29.2 Å². The number of amides is 1. The third kappa shape index (κ3) is 3.02. The third-order valence-corrected chi connectivity index (χ3v) is 8.66. The van der Waals surface area contributed by atoms with Gasteiger partial charge in [0.15, 0.2) is 0 Å². The van der Waals surface area contributed by atoms with Gasteiger partial charge in [-0.1, -0.05) is 48.6 Å². The molecule has 0 aromatic heterocycles. The zero-order chi connectivity index (χ0) is 22.8. The van der Waals surface area contributed by atoms with E-state index in [1.54, 1.807) is 0 Å². The molecule has 5 aliphatic rings. The van der Waals surface area contributed by atoms with Gasteiger partial charge in [-0.2, -0.15) is 0 Å². The van der Waals surface area contributed by atoms with Crippen molar-refractivity contribution in [1.82, 2.24) is 4.90 Å². The van der Waals surface area contributed by atoms with Crippen molar-refractivity contribution in [3.63, 3.8) is 0 Å². The van der Waals surface area contributed by atoms with E-state index in [1.165, 1.54) is 12.1 Å². The first-order chi connectivity index (χ1) is 16.7. The highest BCUT2D eigenvalue weighted by Gasteiger charge is 2.61. The van der Waals surface area contributed by atoms with Crippen LogP contribution in [0.2, 0.25) is 0 Å². The summed E-state index contributed by atoms with van der Waals surface area (Å²) in [5, 5.41) is 0. The zero-order valence-electron chi connectivity index (χ0n) is 19.4. The highest BCUT2D eigenvalue weighted by molar-refractivity contribution is 6.06. The highest BCUT2D eigenvalue weighted by Crippen LogP contribution is 2.57. The van der Waals surface area contributed by atoms with Crippen LogP contribution in [0.15, 0.2) is 66.7 Å². The van der Waals surface area contributed by atoms with Gasteiger partial charge >= 0.3 is 0 Å². The fourth-order valence-corrected chi connectivity index (χ4v) is 6.75. The van der Waals surface area contributed by atoms with Gasteiger partial charge in [0.05, 0.1) is 25.6 Å². The molecule has 34 heavy (non-hydrogen) atoms. The number of rotatable bonds is 3. The molecule has 6 nitrogen and oxygen atoms in total. The quantitative estimate of drug-likeness (QED) is 0.659. The van der Waals surface area contributed by atoms with Crippen LogP contribution in [0, 0.1) is 17.3 Å². The number of nitrogens with zero attached hydrogens (tertiary/aromatic N) is 3. The lowest BCUT2D eigenvalue weighted by atomic mass is 9.76. The van der Waals surface area contributed by atoms with E-state index in [2.05, 4.69) is 52.3 Å². The van der Waals surface area contributed by atoms with Crippen LogP contribution in [0.1, 0.15) is 18.4 Å². The van der Waals surface area contributed by atoms with Crippen molar-refractivity contribution in [3.8, 4) is 0 Å². The molecular formula is C28H31N3O3. The normalized spacial score (nSPS) is 34.5. The monoisotopic (exact) mass is 457 g/mol. The van der Waals surface area contributed by atoms with E-state index < -0.39 is 5.79 Å². The Morgan fingerprint density at radius 2 is 1.62 bits per heavy atom. The summed E-state index contributed by atoms with van der Waals surface area (Å²) in [6.07, 6.45) is 6.99. The number of allylic oxidation sites excluding steroid dienone is 2. The molecule has 6 heteroatoms. The Bertz CT molecular complexity index is 1120. The second-order valence-corrected chi connectivity index (χ2v) is 10.6. The fourth-order valence-electron chi connectivity index (χ4n) is 6.75. The molecule has 2 saturated heterocycles. The Kier molecular flexibility index (Phi) is 4.66. The molecule has 2 aromatic carbocycles. The number of carbonyl (C=O) groups excluding carboxylic acids is 1. The Balaban J connectivity index is 1.08. The summed E-state index contributed by atoms with van der Waals surface area (Å²) in [6, 6.07) is 18.6. The predicted octanol–water partition coefficient (Wildman–Crippen LogP) is 3.59. The largest absolute Gasteiger partial charge is 0.369 e. The molecule has 0 unspecified atom stereocenters. The van der Waals surface area contributed by atoms with Gasteiger partial charge in [0.25, 0.3) is 11.7 Å². The van der Waals surface area contributed by atoms with E-state index in [-0.39, 0.29) is 11.3 Å². The van der Waals surface area contributed by atoms with Crippen molar-refractivity contribution >= 4 is 17.3 Å². The van der Waals surface area contributed by atoms with Crippen molar-refractivity contribution in [3.05, 3.63) is 72.3 Å². The Labute approximate surface area is 200 Å². The van der Waals surface area contributed by atoms with Gasteiger partial charge in [0.2, 0.25) is 0 Å². The molecule has 176 valence electrons. The van der Waals surface area contributed by atoms with Gasteiger partial charge in [-0.3, -0.25) is 14.6 Å². The molecule has 7 rings (SSSR count). The molecule has 2 bridgehead atoms. The summed E-state index contributed by atoms with van der Waals surface area (Å²) in [5.74, 6) is -0.214. The number of carbonyl (C=O) groups is 1. The summed E-state index contributed by atoms with van der Waals surface area (Å²) in [4.78, 5) is 20.5. The average Bonchev–Trinajstić information content (AvgIpc) is 3.55. The summed E-state index contributed by atoms with van der Waals surface area (Å²) in [7, 11) is 0. The summed E-state index contributed by atoms with van der Waals surface area (Å²) >= 11 is 0. The van der Waals surface area contributed by atoms with E-state index in [4.69, 9.17) is 9.47 Å². The van der Waals surface area contributed by atoms with Crippen LogP contribution < -0.4 is 9.80 Å². The molecule has 0 radical (unpaired) electrons. The second kappa shape index (κ2) is 7.67. The van der Waals surface area contributed by atoms with Gasteiger partial charge in [0, 0.05) is 42.8 Å². The van der Waals surface area contributed by atoms with Gasteiger partial charge in [-0.05, 0) is 42.9 Å². The number of hydrogen-bond acceptors (Lipinski definition) is 5. The lowest BCUT2D eigenvalue weighted by Gasteiger charge is -2.45. The first-order valence-corrected chi connectivity index (χ1v) is 12.6. The molecular weight excluding hydrogens is 426 g/mol. The molecule has 3 aliphatic heterocycles. The van der Waals surface area contributed by atoms with Crippen LogP contribution in [0.5, 0.6) is 0 Å². The van der Waals surface area contributed by atoms with Gasteiger partial charge in [0.1, 0.15) is 0 Å². The van der Waals surface area contributed by atoms with E-state index in [0.717, 1.165) is 43.9 Å². The number of benzene rings is 2. The van der Waals surface area contributed by atoms with Crippen molar-refractivity contribution < 1.29 is 14.3 Å². The minimum atomic E-state index is -1.29. The van der Waals surface area contributed by atoms with Crippen molar-refractivity contribution in [2.75, 3.05) is 55.9 Å². The van der Waals surface area contributed by atoms with Gasteiger partial charge in [-0.25, -0.2) is 0 Å². The molecule has 3 fully saturated rings. The molecule has 1 saturated carbocycles. The number of piperazine rings is 1. The number of ether oxygens (including phenoxy) is 2. The van der Waals surface area contributed by atoms with E-state index in [0.29, 0.717) is 31.7 Å². The minimum Gasteiger partial charge on any atom is -0.369 e. The topological polar surface area (TPSA) is 45.3 Å². The zero-order valence-corrected chi connectivity index (χ0v) is 19.4. The maximum Gasteiger partial charge on any atom is 0.293 e. The SMILES string of the molecule is O=C1N(CN2CCN(c3ccccc3)CC2)c2ccccc2C12OCC1(CO2)C[C@H]2C=C[C@@H]1C2. The van der Waals surface area contributed by atoms with Crippen molar-refractivity contribution in [1.29, 1.82) is 0 Å². The molecule has 1 amide bonds. The first-order valence-electron chi connectivity index (χ1n) is 12.6. The minimum absolute atomic E-state index is 0.0288. The van der Waals surface area contributed by atoms with E-state index in [9.17, 15) is 4.79 Å². The number of fused-ring (bicyclic) bond motifs is 5. The standard InChI is InChI=1S/C28H31N3O3/c32-26-28(33-18-27(19-34-28)17-21-10-11-22(27)16-21)24-8-4-5-9-25(24)31(26)20-29-12-14-30(15-13-29)23-6-2-1-3-7-23/h1-11,21-22H,12-20H2/t21-,22+,27?,28?/m0/s1. The second-order valence-electron chi connectivity index (χ2n) is 10.6. The van der Waals surface area contributed by atoms with Crippen LogP contribution in [0.4, 0.5) is 11.4 Å². The van der Waals surface area contributed by atoms with Crippen molar-refractivity contribution in [2.24, 2.45) is 17.3 Å². The Hall–Kier alpha value is -2.67. The predicted molar refractivity (Wildman–Crippen MR) is 130 cm³/mol. The van der Waals surface area contributed by atoms with Crippen LogP contribution in [0.3, 0.4) is 0 Å². The summed E-state index contributed by atoms with van der Waals surface area (Å²) in [6.45, 7) is 5.45. The van der Waals surface area contributed by atoms with Crippen LogP contribution in [-0.4, -0.2) is 56.9 Å². The molecule has 2 aliphatic carbocycles. The maximum absolute atomic E-state index is 13.9. The smallest absolute Gasteiger partial charge is 0.293 e. The molecule has 3 heterocycles. The van der Waals surface area contributed by atoms with Crippen molar-refractivity contribution in [2.45, 2.75) is 18.6 Å². The Morgan fingerprint density at radius 3 is 2.32 bits per heavy atom. The summed E-state index contributed by atoms with van der Waals surface area (Å²) < 4.78 is 13.0.